The molecule has 4 aromatic rings. The van der Waals surface area contributed by atoms with Gasteiger partial charge in [-0.25, -0.2) is 9.78 Å². The first-order chi connectivity index (χ1) is 11.7. The molecule has 1 aliphatic heterocycles. The third-order valence-corrected chi connectivity index (χ3v) is 6.08. The lowest BCUT2D eigenvalue weighted by Gasteiger charge is -2.12. The quantitative estimate of drug-likeness (QED) is 0.575. The van der Waals surface area contributed by atoms with Crippen LogP contribution in [-0.2, 0) is 6.54 Å². The molecule has 1 aromatic carbocycles. The van der Waals surface area contributed by atoms with Crippen LogP contribution in [-0.4, -0.2) is 25.3 Å². The van der Waals surface area contributed by atoms with Gasteiger partial charge >= 0.3 is 5.69 Å². The number of nitrogens with zero attached hydrogens (tertiary/aromatic N) is 2. The van der Waals surface area contributed by atoms with E-state index in [1.807, 2.05) is 36.2 Å². The first kappa shape index (κ1) is 14.2. The van der Waals surface area contributed by atoms with Crippen molar-refractivity contribution in [2.75, 3.05) is 5.75 Å². The third-order valence-electron chi connectivity index (χ3n) is 4.59. The molecule has 3 aromatic heterocycles. The summed E-state index contributed by atoms with van der Waals surface area (Å²) in [6.45, 7) is 0.622. The number of benzene rings is 1. The van der Waals surface area contributed by atoms with E-state index >= 15 is 0 Å². The van der Waals surface area contributed by atoms with Crippen molar-refractivity contribution in [1.29, 1.82) is 0 Å². The highest BCUT2D eigenvalue weighted by Gasteiger charge is 2.25. The Morgan fingerprint density at radius 1 is 1.38 bits per heavy atom. The van der Waals surface area contributed by atoms with Crippen LogP contribution in [0.4, 0.5) is 0 Å². The Labute approximate surface area is 146 Å². The Morgan fingerprint density at radius 2 is 2.29 bits per heavy atom. The molecule has 0 amide bonds. The maximum absolute atomic E-state index is 12.5. The van der Waals surface area contributed by atoms with Crippen molar-refractivity contribution >= 4 is 45.4 Å². The molecule has 2 N–H and O–H groups in total. The van der Waals surface area contributed by atoms with Crippen molar-refractivity contribution in [3.63, 3.8) is 0 Å². The third kappa shape index (κ3) is 2.03. The molecule has 0 saturated carbocycles. The molecule has 0 aliphatic carbocycles. The highest BCUT2D eigenvalue weighted by molar-refractivity contribution is 7.99. The molecule has 24 heavy (non-hydrogen) atoms. The second-order valence-corrected chi connectivity index (χ2v) is 7.49. The number of nitrogens with one attached hydrogen (secondary N) is 2. The topological polar surface area (TPSA) is 66.5 Å². The fourth-order valence-corrected chi connectivity index (χ4v) is 4.82. The summed E-state index contributed by atoms with van der Waals surface area (Å²) in [4.78, 5) is 24.2. The molecule has 5 nitrogen and oxygen atoms in total. The monoisotopic (exact) mass is 356 g/mol. The van der Waals surface area contributed by atoms with Gasteiger partial charge in [-0.05, 0) is 29.8 Å². The number of H-pyrrole nitrogens is 2. The standard InChI is InChI=1S/C17H13ClN4OS/c18-10-1-2-14-12(5-10)9(8-24-14)7-22-13-6-20-16-11(3-4-19-16)15(13)21-17(22)23/h1-6,9H,7-8H2,(H,19,20)(H,21,23). The highest BCUT2D eigenvalue weighted by atomic mass is 35.5. The molecule has 1 atom stereocenters. The molecular formula is C17H13ClN4OS. The molecule has 0 bridgehead atoms. The number of thioether (sulfide) groups is 1. The average Bonchev–Trinajstić information content (AvgIpc) is 3.26. The van der Waals surface area contributed by atoms with Crippen LogP contribution in [0.15, 0.2) is 46.3 Å². The summed E-state index contributed by atoms with van der Waals surface area (Å²) in [5, 5.41) is 1.68. The van der Waals surface area contributed by atoms with Crippen LogP contribution >= 0.6 is 23.4 Å². The van der Waals surface area contributed by atoms with Crippen LogP contribution in [0.5, 0.6) is 0 Å². The van der Waals surface area contributed by atoms with Crippen LogP contribution < -0.4 is 5.69 Å². The van der Waals surface area contributed by atoms with E-state index in [0.717, 1.165) is 32.8 Å². The van der Waals surface area contributed by atoms with Gasteiger partial charge in [-0.1, -0.05) is 11.6 Å². The van der Waals surface area contributed by atoms with Gasteiger partial charge in [-0.3, -0.25) is 4.57 Å². The van der Waals surface area contributed by atoms with Gasteiger partial charge in [0.1, 0.15) is 5.65 Å². The Bertz CT molecular complexity index is 1140. The Morgan fingerprint density at radius 3 is 3.21 bits per heavy atom. The van der Waals surface area contributed by atoms with Gasteiger partial charge in [0.15, 0.2) is 0 Å². The summed E-state index contributed by atoms with van der Waals surface area (Å²) in [6.07, 6.45) is 3.59. The zero-order valence-electron chi connectivity index (χ0n) is 12.5. The van der Waals surface area contributed by atoms with Crippen molar-refractivity contribution in [2.24, 2.45) is 0 Å². The lowest BCUT2D eigenvalue weighted by atomic mass is 10.0. The summed E-state index contributed by atoms with van der Waals surface area (Å²) in [5.74, 6) is 1.22. The van der Waals surface area contributed by atoms with E-state index in [1.165, 1.54) is 10.5 Å². The number of imidazole rings is 1. The van der Waals surface area contributed by atoms with Crippen molar-refractivity contribution in [3.05, 3.63) is 57.7 Å². The van der Waals surface area contributed by atoms with Crippen LogP contribution in [0.25, 0.3) is 22.1 Å². The molecule has 7 heteroatoms. The molecule has 5 rings (SSSR count). The number of fused-ring (bicyclic) bond motifs is 4. The van der Waals surface area contributed by atoms with E-state index in [9.17, 15) is 4.79 Å². The van der Waals surface area contributed by atoms with E-state index in [-0.39, 0.29) is 11.6 Å². The number of halogens is 1. The number of aromatic amines is 2. The predicted octanol–water partition coefficient (Wildman–Crippen LogP) is 3.75. The normalized spacial score (nSPS) is 17.0. The number of hydrogen-bond donors (Lipinski definition) is 2. The number of hydrogen-bond acceptors (Lipinski definition) is 3. The highest BCUT2D eigenvalue weighted by Crippen LogP contribution is 2.41. The zero-order chi connectivity index (χ0) is 16.3. The number of aromatic nitrogens is 4. The fourth-order valence-electron chi connectivity index (χ4n) is 3.42. The van der Waals surface area contributed by atoms with Crippen molar-refractivity contribution < 1.29 is 0 Å². The molecule has 4 heterocycles. The smallest absolute Gasteiger partial charge is 0.326 e. The minimum absolute atomic E-state index is 0.0963. The van der Waals surface area contributed by atoms with Gasteiger partial charge in [0.05, 0.1) is 17.2 Å². The van der Waals surface area contributed by atoms with E-state index in [2.05, 4.69) is 21.0 Å². The lowest BCUT2D eigenvalue weighted by molar-refractivity contribution is 0.603. The first-order valence-corrected chi connectivity index (χ1v) is 9.04. The van der Waals surface area contributed by atoms with Crippen molar-refractivity contribution in [2.45, 2.75) is 17.4 Å². The van der Waals surface area contributed by atoms with Crippen LogP contribution in [0, 0.1) is 0 Å². The molecule has 0 spiro atoms. The van der Waals surface area contributed by atoms with Gasteiger partial charge in [0, 0.05) is 39.7 Å². The molecule has 1 unspecified atom stereocenters. The van der Waals surface area contributed by atoms with Gasteiger partial charge < -0.3 is 9.97 Å². The lowest BCUT2D eigenvalue weighted by Crippen LogP contribution is -2.20. The summed E-state index contributed by atoms with van der Waals surface area (Å²) in [5.41, 5.74) is 3.59. The molecular weight excluding hydrogens is 344 g/mol. The molecule has 0 fully saturated rings. The minimum atomic E-state index is -0.0963. The van der Waals surface area contributed by atoms with Gasteiger partial charge in [0.2, 0.25) is 0 Å². The Hall–Kier alpha value is -2.18. The van der Waals surface area contributed by atoms with Crippen LogP contribution in [0.3, 0.4) is 0 Å². The summed E-state index contributed by atoms with van der Waals surface area (Å²) < 4.78 is 1.79. The summed E-state index contributed by atoms with van der Waals surface area (Å²) in [6, 6.07) is 7.93. The summed E-state index contributed by atoms with van der Waals surface area (Å²) >= 11 is 7.97. The van der Waals surface area contributed by atoms with Crippen molar-refractivity contribution in [1.82, 2.24) is 19.5 Å². The second kappa shape index (κ2) is 5.16. The predicted molar refractivity (Wildman–Crippen MR) is 97.1 cm³/mol. The Kier molecular flexibility index (Phi) is 3.05. The van der Waals surface area contributed by atoms with Gasteiger partial charge in [0.25, 0.3) is 0 Å². The zero-order valence-corrected chi connectivity index (χ0v) is 14.1. The van der Waals surface area contributed by atoms with E-state index in [0.29, 0.717) is 6.54 Å². The van der Waals surface area contributed by atoms with E-state index < -0.39 is 0 Å². The minimum Gasteiger partial charge on any atom is -0.346 e. The molecule has 1 aliphatic rings. The maximum atomic E-state index is 12.5. The fraction of sp³-hybridized carbons (Fsp3) is 0.176. The second-order valence-electron chi connectivity index (χ2n) is 5.99. The van der Waals surface area contributed by atoms with E-state index in [1.54, 1.807) is 10.8 Å². The summed E-state index contributed by atoms with van der Waals surface area (Å²) in [7, 11) is 0. The van der Waals surface area contributed by atoms with Crippen LogP contribution in [0.1, 0.15) is 11.5 Å². The first-order valence-electron chi connectivity index (χ1n) is 7.67. The Balaban J connectivity index is 1.63. The van der Waals surface area contributed by atoms with Gasteiger partial charge in [-0.15, -0.1) is 11.8 Å². The van der Waals surface area contributed by atoms with Crippen molar-refractivity contribution in [3.8, 4) is 0 Å². The number of pyridine rings is 1. The van der Waals surface area contributed by atoms with Crippen LogP contribution in [0.2, 0.25) is 5.02 Å². The SMILES string of the molecule is O=c1[nH]c2c3cc[nH]c3ncc2n1CC1CSc2ccc(Cl)cc21. The number of rotatable bonds is 2. The molecule has 0 saturated heterocycles. The maximum Gasteiger partial charge on any atom is 0.326 e. The largest absolute Gasteiger partial charge is 0.346 e. The van der Waals surface area contributed by atoms with E-state index in [4.69, 9.17) is 11.6 Å². The average molecular weight is 357 g/mol. The van der Waals surface area contributed by atoms with Gasteiger partial charge in [-0.2, -0.15) is 0 Å². The molecule has 0 radical (unpaired) electrons. The molecule has 120 valence electrons.